The van der Waals surface area contributed by atoms with E-state index in [2.05, 4.69) is 77.9 Å². The molecule has 0 amide bonds. The molecule has 0 spiro atoms. The number of rotatable bonds is 4. The smallest absolute Gasteiger partial charge is 0.0602 e. The minimum Gasteiger partial charge on any atom is -0.315 e. The zero-order valence-corrected chi connectivity index (χ0v) is 12.7. The summed E-state index contributed by atoms with van der Waals surface area (Å²) >= 11 is 0. The molecule has 1 aliphatic rings. The van der Waals surface area contributed by atoms with Crippen molar-refractivity contribution in [2.45, 2.75) is 24.9 Å². The summed E-state index contributed by atoms with van der Waals surface area (Å²) in [6, 6.07) is 22.6. The number of likely N-dealkylation sites (N-methyl/N-ethyl adjacent to an activating group) is 1. The maximum absolute atomic E-state index is 3.53. The molecule has 1 fully saturated rings. The lowest BCUT2D eigenvalue weighted by atomic mass is 9.94. The molecule has 0 radical (unpaired) electrons. The number of hydrogen-bond donors (Lipinski definition) is 1. The number of nitrogens with one attached hydrogen (secondary N) is 1. The molecular formula is C19H24N2. The number of hydrogen-bond acceptors (Lipinski definition) is 2. The van der Waals surface area contributed by atoms with Crippen LogP contribution < -0.4 is 5.32 Å². The lowest BCUT2D eigenvalue weighted by molar-refractivity contribution is 0.167. The Kier molecular flexibility index (Phi) is 4.69. The van der Waals surface area contributed by atoms with Crippen molar-refractivity contribution in [2.75, 3.05) is 20.1 Å². The Bertz CT molecular complexity index is 493. The van der Waals surface area contributed by atoms with Gasteiger partial charge in [0, 0.05) is 12.6 Å². The van der Waals surface area contributed by atoms with Gasteiger partial charge in [-0.05, 0) is 37.6 Å². The Morgan fingerprint density at radius 1 is 0.952 bits per heavy atom. The molecule has 0 saturated carbocycles. The van der Waals surface area contributed by atoms with E-state index in [-0.39, 0.29) is 0 Å². The molecule has 21 heavy (non-hydrogen) atoms. The summed E-state index contributed by atoms with van der Waals surface area (Å²) in [4.78, 5) is 2.54. The van der Waals surface area contributed by atoms with Crippen LogP contribution in [0.5, 0.6) is 0 Å². The fraction of sp³-hybridized carbons (Fsp3) is 0.368. The molecule has 0 aromatic heterocycles. The number of piperidine rings is 1. The Balaban J connectivity index is 1.92. The first-order valence-corrected chi connectivity index (χ1v) is 7.89. The average molecular weight is 280 g/mol. The van der Waals surface area contributed by atoms with Crippen LogP contribution in [0.15, 0.2) is 60.7 Å². The Morgan fingerprint density at radius 3 is 2.00 bits per heavy atom. The standard InChI is InChI=1S/C19H24N2/c1-21(18-13-8-14-20-15-18)19(16-9-4-2-5-10-16)17-11-6-3-7-12-17/h2-7,9-12,18-20H,8,13-15H2,1H3. The van der Waals surface area contributed by atoms with Gasteiger partial charge in [-0.15, -0.1) is 0 Å². The van der Waals surface area contributed by atoms with Gasteiger partial charge in [0.1, 0.15) is 0 Å². The van der Waals surface area contributed by atoms with Crippen molar-refractivity contribution < 1.29 is 0 Å². The second kappa shape index (κ2) is 6.88. The zero-order chi connectivity index (χ0) is 14.5. The third-order valence-electron chi connectivity index (χ3n) is 4.48. The van der Waals surface area contributed by atoms with E-state index in [1.807, 2.05) is 0 Å². The largest absolute Gasteiger partial charge is 0.315 e. The molecule has 110 valence electrons. The number of nitrogens with zero attached hydrogens (tertiary/aromatic N) is 1. The molecule has 0 bridgehead atoms. The van der Waals surface area contributed by atoms with Crippen molar-refractivity contribution in [3.8, 4) is 0 Å². The van der Waals surface area contributed by atoms with Gasteiger partial charge in [0.25, 0.3) is 0 Å². The van der Waals surface area contributed by atoms with Crippen molar-refractivity contribution in [2.24, 2.45) is 0 Å². The maximum atomic E-state index is 3.53. The van der Waals surface area contributed by atoms with Crippen molar-refractivity contribution in [1.29, 1.82) is 0 Å². The third-order valence-corrected chi connectivity index (χ3v) is 4.48. The first kappa shape index (κ1) is 14.3. The molecule has 2 aromatic carbocycles. The van der Waals surface area contributed by atoms with Crippen molar-refractivity contribution in [3.05, 3.63) is 71.8 Å². The Labute approximate surface area is 127 Å². The van der Waals surface area contributed by atoms with Crippen LogP contribution in [0.1, 0.15) is 30.0 Å². The summed E-state index contributed by atoms with van der Waals surface area (Å²) in [7, 11) is 2.27. The molecule has 0 aliphatic carbocycles. The van der Waals surface area contributed by atoms with Crippen molar-refractivity contribution in [1.82, 2.24) is 10.2 Å². The SMILES string of the molecule is CN(C1CCCNC1)C(c1ccccc1)c1ccccc1. The summed E-state index contributed by atoms with van der Waals surface area (Å²) in [6.07, 6.45) is 2.55. The van der Waals surface area contributed by atoms with E-state index in [1.165, 1.54) is 24.0 Å². The molecule has 1 aliphatic heterocycles. The minimum absolute atomic E-state index is 0.331. The van der Waals surface area contributed by atoms with Crippen molar-refractivity contribution in [3.63, 3.8) is 0 Å². The number of benzene rings is 2. The summed E-state index contributed by atoms with van der Waals surface area (Å²) in [5.41, 5.74) is 2.74. The van der Waals surface area contributed by atoms with Crippen LogP contribution in [0, 0.1) is 0 Å². The normalized spacial score (nSPS) is 19.1. The maximum Gasteiger partial charge on any atom is 0.0602 e. The van der Waals surface area contributed by atoms with Gasteiger partial charge in [-0.3, -0.25) is 4.90 Å². The van der Waals surface area contributed by atoms with Crippen LogP contribution in [-0.4, -0.2) is 31.1 Å². The summed E-state index contributed by atoms with van der Waals surface area (Å²) in [5, 5.41) is 3.53. The van der Waals surface area contributed by atoms with Gasteiger partial charge in [-0.2, -0.15) is 0 Å². The van der Waals surface area contributed by atoms with E-state index < -0.39 is 0 Å². The highest BCUT2D eigenvalue weighted by Gasteiger charge is 2.26. The first-order chi connectivity index (χ1) is 10.4. The second-order valence-corrected chi connectivity index (χ2v) is 5.89. The van der Waals surface area contributed by atoms with E-state index in [4.69, 9.17) is 0 Å². The Hall–Kier alpha value is -1.64. The molecule has 2 heteroatoms. The van der Waals surface area contributed by atoms with Crippen LogP contribution in [0.25, 0.3) is 0 Å². The third kappa shape index (κ3) is 3.34. The van der Waals surface area contributed by atoms with Crippen LogP contribution in [0.2, 0.25) is 0 Å². The first-order valence-electron chi connectivity index (χ1n) is 7.89. The highest BCUT2D eigenvalue weighted by molar-refractivity contribution is 5.31. The lowest BCUT2D eigenvalue weighted by Gasteiger charge is -2.38. The molecule has 2 aromatic rings. The van der Waals surface area contributed by atoms with Crippen LogP contribution in [0.3, 0.4) is 0 Å². The minimum atomic E-state index is 0.331. The molecule has 1 saturated heterocycles. The summed E-state index contributed by atoms with van der Waals surface area (Å²) < 4.78 is 0. The van der Waals surface area contributed by atoms with Crippen LogP contribution in [0.4, 0.5) is 0 Å². The summed E-state index contributed by atoms with van der Waals surface area (Å²) in [6.45, 7) is 2.25. The van der Waals surface area contributed by atoms with E-state index in [1.54, 1.807) is 0 Å². The Morgan fingerprint density at radius 2 is 1.52 bits per heavy atom. The van der Waals surface area contributed by atoms with Crippen molar-refractivity contribution >= 4 is 0 Å². The van der Waals surface area contributed by atoms with E-state index in [0.29, 0.717) is 12.1 Å². The zero-order valence-electron chi connectivity index (χ0n) is 12.7. The molecule has 1 heterocycles. The topological polar surface area (TPSA) is 15.3 Å². The molecule has 1 unspecified atom stereocenters. The average Bonchev–Trinajstić information content (AvgIpc) is 2.58. The molecule has 1 atom stereocenters. The molecule has 1 N–H and O–H groups in total. The van der Waals surface area contributed by atoms with Gasteiger partial charge in [-0.25, -0.2) is 0 Å². The highest BCUT2D eigenvalue weighted by atomic mass is 15.2. The summed E-state index contributed by atoms with van der Waals surface area (Å²) in [5.74, 6) is 0. The van der Waals surface area contributed by atoms with Gasteiger partial charge in [0.2, 0.25) is 0 Å². The fourth-order valence-electron chi connectivity index (χ4n) is 3.33. The molecule has 3 rings (SSSR count). The van der Waals surface area contributed by atoms with Gasteiger partial charge < -0.3 is 5.32 Å². The lowest BCUT2D eigenvalue weighted by Crippen LogP contribution is -2.45. The van der Waals surface area contributed by atoms with Crippen LogP contribution >= 0.6 is 0 Å². The van der Waals surface area contributed by atoms with E-state index in [9.17, 15) is 0 Å². The predicted octanol–water partition coefficient (Wildman–Crippen LogP) is 3.46. The molecule has 2 nitrogen and oxygen atoms in total. The molecular weight excluding hydrogens is 256 g/mol. The van der Waals surface area contributed by atoms with Gasteiger partial charge >= 0.3 is 0 Å². The fourth-order valence-corrected chi connectivity index (χ4v) is 3.33. The van der Waals surface area contributed by atoms with Crippen LogP contribution in [-0.2, 0) is 0 Å². The monoisotopic (exact) mass is 280 g/mol. The van der Waals surface area contributed by atoms with Gasteiger partial charge in [-0.1, -0.05) is 60.7 Å². The quantitative estimate of drug-likeness (QED) is 0.922. The van der Waals surface area contributed by atoms with Gasteiger partial charge in [0.05, 0.1) is 6.04 Å². The second-order valence-electron chi connectivity index (χ2n) is 5.89. The van der Waals surface area contributed by atoms with E-state index >= 15 is 0 Å². The highest BCUT2D eigenvalue weighted by Crippen LogP contribution is 2.30. The predicted molar refractivity (Wildman–Crippen MR) is 88.4 cm³/mol. The van der Waals surface area contributed by atoms with Gasteiger partial charge in [0.15, 0.2) is 0 Å². The van der Waals surface area contributed by atoms with E-state index in [0.717, 1.165) is 13.1 Å².